The van der Waals surface area contributed by atoms with Crippen molar-refractivity contribution in [2.45, 2.75) is 44.9 Å². The van der Waals surface area contributed by atoms with Crippen LogP contribution < -0.4 is 5.32 Å². The number of nitrogens with one attached hydrogen (secondary N) is 1. The standard InChI is InChI=1S/C16H26IN/c17-13-7-1-2-8-14-18-15-9-6-12-16-10-4-3-5-11-16/h3-5,10-11,18H,1-2,6-9,12-15H2. The normalized spacial score (nSPS) is 10.7. The van der Waals surface area contributed by atoms with Crippen molar-refractivity contribution in [1.82, 2.24) is 5.32 Å². The summed E-state index contributed by atoms with van der Waals surface area (Å²) in [6.45, 7) is 2.38. The maximum atomic E-state index is 3.55. The fourth-order valence-corrected chi connectivity index (χ4v) is 2.59. The van der Waals surface area contributed by atoms with Crippen molar-refractivity contribution in [1.29, 1.82) is 0 Å². The first-order chi connectivity index (χ1) is 8.93. The van der Waals surface area contributed by atoms with E-state index >= 15 is 0 Å². The second-order valence-electron chi connectivity index (χ2n) is 4.80. The van der Waals surface area contributed by atoms with Gasteiger partial charge in [-0.15, -0.1) is 0 Å². The zero-order valence-electron chi connectivity index (χ0n) is 11.3. The molecular weight excluding hydrogens is 333 g/mol. The summed E-state index contributed by atoms with van der Waals surface area (Å²) in [7, 11) is 0. The molecule has 0 unspecified atom stereocenters. The molecule has 1 rings (SSSR count). The Bertz CT molecular complexity index is 274. The van der Waals surface area contributed by atoms with Gasteiger partial charge in [0, 0.05) is 0 Å². The van der Waals surface area contributed by atoms with Gasteiger partial charge in [-0.2, -0.15) is 0 Å². The molecule has 1 aromatic carbocycles. The van der Waals surface area contributed by atoms with Crippen LogP contribution in [0.2, 0.25) is 0 Å². The lowest BCUT2D eigenvalue weighted by Crippen LogP contribution is -2.16. The second kappa shape index (κ2) is 12.0. The Hall–Kier alpha value is -0.0900. The summed E-state index contributed by atoms with van der Waals surface area (Å²) in [4.78, 5) is 0. The Morgan fingerprint density at radius 1 is 0.778 bits per heavy atom. The number of benzene rings is 1. The Balaban J connectivity index is 1.82. The van der Waals surface area contributed by atoms with Crippen molar-refractivity contribution >= 4 is 22.6 Å². The number of alkyl halides is 1. The van der Waals surface area contributed by atoms with E-state index in [0.717, 1.165) is 0 Å². The summed E-state index contributed by atoms with van der Waals surface area (Å²) in [5.41, 5.74) is 1.47. The van der Waals surface area contributed by atoms with Gasteiger partial charge in [0.05, 0.1) is 0 Å². The summed E-state index contributed by atoms with van der Waals surface area (Å²) < 4.78 is 1.31. The Morgan fingerprint density at radius 2 is 1.44 bits per heavy atom. The molecule has 2 heteroatoms. The van der Waals surface area contributed by atoms with Crippen LogP contribution in [0.3, 0.4) is 0 Å². The topological polar surface area (TPSA) is 12.0 Å². The number of hydrogen-bond acceptors (Lipinski definition) is 1. The van der Waals surface area contributed by atoms with Crippen LogP contribution in [0, 0.1) is 0 Å². The summed E-state index contributed by atoms with van der Waals surface area (Å²) in [5.74, 6) is 0. The van der Waals surface area contributed by atoms with Gasteiger partial charge < -0.3 is 5.32 Å². The third kappa shape index (κ3) is 8.92. The third-order valence-corrected chi connectivity index (χ3v) is 3.91. The van der Waals surface area contributed by atoms with Crippen LogP contribution in [0.15, 0.2) is 30.3 Å². The number of unbranched alkanes of at least 4 members (excludes halogenated alkanes) is 4. The lowest BCUT2D eigenvalue weighted by molar-refractivity contribution is 0.576. The molecule has 0 saturated heterocycles. The Kier molecular flexibility index (Phi) is 10.6. The van der Waals surface area contributed by atoms with Crippen LogP contribution in [0.25, 0.3) is 0 Å². The largest absolute Gasteiger partial charge is 0.317 e. The highest BCUT2D eigenvalue weighted by Gasteiger charge is 1.93. The Labute approximate surface area is 126 Å². The fourth-order valence-electron chi connectivity index (χ4n) is 2.05. The molecule has 0 aromatic heterocycles. The predicted molar refractivity (Wildman–Crippen MR) is 89.6 cm³/mol. The molecule has 0 bridgehead atoms. The van der Waals surface area contributed by atoms with Crippen LogP contribution in [0.1, 0.15) is 44.1 Å². The van der Waals surface area contributed by atoms with E-state index in [4.69, 9.17) is 0 Å². The van der Waals surface area contributed by atoms with Gasteiger partial charge in [-0.3, -0.25) is 0 Å². The minimum absolute atomic E-state index is 1.18. The maximum absolute atomic E-state index is 3.55. The van der Waals surface area contributed by atoms with Crippen LogP contribution in [0.4, 0.5) is 0 Å². The molecule has 0 atom stereocenters. The van der Waals surface area contributed by atoms with E-state index in [-0.39, 0.29) is 0 Å². The van der Waals surface area contributed by atoms with Gasteiger partial charge >= 0.3 is 0 Å². The second-order valence-corrected chi connectivity index (χ2v) is 5.87. The predicted octanol–water partition coefficient (Wildman–Crippen LogP) is 4.59. The monoisotopic (exact) mass is 359 g/mol. The van der Waals surface area contributed by atoms with Crippen LogP contribution >= 0.6 is 22.6 Å². The lowest BCUT2D eigenvalue weighted by atomic mass is 10.1. The fraction of sp³-hybridized carbons (Fsp3) is 0.625. The zero-order chi connectivity index (χ0) is 12.9. The first-order valence-electron chi connectivity index (χ1n) is 7.24. The molecule has 1 nitrogen and oxygen atoms in total. The van der Waals surface area contributed by atoms with Crippen molar-refractivity contribution in [2.75, 3.05) is 17.5 Å². The van der Waals surface area contributed by atoms with Gasteiger partial charge in [-0.25, -0.2) is 0 Å². The Morgan fingerprint density at radius 3 is 2.17 bits per heavy atom. The van der Waals surface area contributed by atoms with Crippen molar-refractivity contribution in [3.8, 4) is 0 Å². The summed E-state index contributed by atoms with van der Waals surface area (Å²) in [5, 5.41) is 3.55. The molecule has 0 aliphatic rings. The zero-order valence-corrected chi connectivity index (χ0v) is 13.5. The van der Waals surface area contributed by atoms with E-state index < -0.39 is 0 Å². The third-order valence-electron chi connectivity index (χ3n) is 3.15. The van der Waals surface area contributed by atoms with E-state index in [2.05, 4.69) is 58.2 Å². The van der Waals surface area contributed by atoms with E-state index in [9.17, 15) is 0 Å². The van der Waals surface area contributed by atoms with E-state index in [1.807, 2.05) is 0 Å². The van der Waals surface area contributed by atoms with E-state index in [1.165, 1.54) is 68.0 Å². The average Bonchev–Trinajstić information content (AvgIpc) is 2.42. The summed E-state index contributed by atoms with van der Waals surface area (Å²) >= 11 is 2.46. The SMILES string of the molecule is ICCCCCCNCCCCc1ccccc1. The molecular formula is C16H26IN. The van der Waals surface area contributed by atoms with Crippen LogP contribution in [-0.4, -0.2) is 17.5 Å². The molecule has 0 spiro atoms. The molecule has 0 aliphatic carbocycles. The molecule has 18 heavy (non-hydrogen) atoms. The summed E-state index contributed by atoms with van der Waals surface area (Å²) in [6.07, 6.45) is 9.33. The van der Waals surface area contributed by atoms with Gasteiger partial charge in [-0.1, -0.05) is 65.8 Å². The highest BCUT2D eigenvalue weighted by atomic mass is 127. The van der Waals surface area contributed by atoms with Crippen molar-refractivity contribution in [2.24, 2.45) is 0 Å². The van der Waals surface area contributed by atoms with Crippen LogP contribution in [-0.2, 0) is 6.42 Å². The molecule has 0 aliphatic heterocycles. The molecule has 0 heterocycles. The van der Waals surface area contributed by atoms with Gasteiger partial charge in [0.2, 0.25) is 0 Å². The van der Waals surface area contributed by atoms with Gasteiger partial charge in [0.15, 0.2) is 0 Å². The van der Waals surface area contributed by atoms with Gasteiger partial charge in [0.25, 0.3) is 0 Å². The molecule has 0 fully saturated rings. The smallest absolute Gasteiger partial charge is 0.000473 e. The maximum Gasteiger partial charge on any atom is -0.000473 e. The molecule has 102 valence electrons. The first kappa shape index (κ1) is 16.0. The van der Waals surface area contributed by atoms with Gasteiger partial charge in [-0.05, 0) is 55.2 Å². The number of rotatable bonds is 11. The average molecular weight is 359 g/mol. The minimum atomic E-state index is 1.18. The van der Waals surface area contributed by atoms with Crippen molar-refractivity contribution in [3.05, 3.63) is 35.9 Å². The van der Waals surface area contributed by atoms with Crippen molar-refractivity contribution in [3.63, 3.8) is 0 Å². The van der Waals surface area contributed by atoms with E-state index in [1.54, 1.807) is 0 Å². The molecule has 0 radical (unpaired) electrons. The first-order valence-corrected chi connectivity index (χ1v) is 8.76. The molecule has 0 saturated carbocycles. The van der Waals surface area contributed by atoms with E-state index in [0.29, 0.717) is 0 Å². The molecule has 1 aromatic rings. The highest BCUT2D eigenvalue weighted by Crippen LogP contribution is 2.04. The van der Waals surface area contributed by atoms with Crippen LogP contribution in [0.5, 0.6) is 0 Å². The number of aryl methyl sites for hydroxylation is 1. The quantitative estimate of drug-likeness (QED) is 0.346. The van der Waals surface area contributed by atoms with Gasteiger partial charge in [0.1, 0.15) is 0 Å². The summed E-state index contributed by atoms with van der Waals surface area (Å²) in [6, 6.07) is 10.8. The van der Waals surface area contributed by atoms with Crippen molar-refractivity contribution < 1.29 is 0 Å². The number of hydrogen-bond donors (Lipinski definition) is 1. The lowest BCUT2D eigenvalue weighted by Gasteiger charge is -2.05. The molecule has 1 N–H and O–H groups in total. The highest BCUT2D eigenvalue weighted by molar-refractivity contribution is 14.1. The number of halogens is 1. The molecule has 0 amide bonds. The minimum Gasteiger partial charge on any atom is -0.317 e.